The van der Waals surface area contributed by atoms with E-state index >= 15 is 0 Å². The molecule has 0 aliphatic rings. The number of fused-ring (bicyclic) bond motifs is 1. The highest BCUT2D eigenvalue weighted by molar-refractivity contribution is 6.33. The van der Waals surface area contributed by atoms with Crippen LogP contribution in [0.2, 0.25) is 5.02 Å². The summed E-state index contributed by atoms with van der Waals surface area (Å²) >= 11 is 6.03. The SMILES string of the molecule is O=C(O)c1c[nH]c2ccc(-c3ccc(F)cc3Cl)cc12. The van der Waals surface area contributed by atoms with Crippen molar-refractivity contribution in [3.63, 3.8) is 0 Å². The van der Waals surface area contributed by atoms with E-state index in [9.17, 15) is 9.18 Å². The molecule has 0 spiro atoms. The zero-order chi connectivity index (χ0) is 14.3. The molecule has 0 bridgehead atoms. The fourth-order valence-electron chi connectivity index (χ4n) is 2.19. The van der Waals surface area contributed by atoms with Crippen LogP contribution in [-0.4, -0.2) is 16.1 Å². The number of aromatic nitrogens is 1. The van der Waals surface area contributed by atoms with Crippen LogP contribution in [0.15, 0.2) is 42.6 Å². The molecule has 0 atom stereocenters. The molecule has 20 heavy (non-hydrogen) atoms. The Balaban J connectivity index is 2.21. The van der Waals surface area contributed by atoms with Crippen molar-refractivity contribution in [1.29, 1.82) is 0 Å². The lowest BCUT2D eigenvalue weighted by atomic mass is 10.0. The average Bonchev–Trinajstić information content (AvgIpc) is 2.81. The number of hydrogen-bond acceptors (Lipinski definition) is 1. The summed E-state index contributed by atoms with van der Waals surface area (Å²) in [6, 6.07) is 9.44. The molecule has 0 unspecified atom stereocenters. The Bertz CT molecular complexity index is 826. The van der Waals surface area contributed by atoms with E-state index in [1.54, 1.807) is 18.2 Å². The van der Waals surface area contributed by atoms with Crippen LogP contribution in [0.5, 0.6) is 0 Å². The van der Waals surface area contributed by atoms with Crippen LogP contribution < -0.4 is 0 Å². The molecule has 1 heterocycles. The zero-order valence-corrected chi connectivity index (χ0v) is 10.9. The van der Waals surface area contributed by atoms with Gasteiger partial charge in [-0.15, -0.1) is 0 Å². The minimum Gasteiger partial charge on any atom is -0.478 e. The van der Waals surface area contributed by atoms with Crippen molar-refractivity contribution in [3.8, 4) is 11.1 Å². The minimum atomic E-state index is -1.00. The Morgan fingerprint density at radius 3 is 2.70 bits per heavy atom. The van der Waals surface area contributed by atoms with Gasteiger partial charge in [0.2, 0.25) is 0 Å². The van der Waals surface area contributed by atoms with E-state index in [4.69, 9.17) is 16.7 Å². The van der Waals surface area contributed by atoms with Gasteiger partial charge < -0.3 is 10.1 Å². The van der Waals surface area contributed by atoms with Gasteiger partial charge in [-0.1, -0.05) is 17.7 Å². The van der Waals surface area contributed by atoms with Crippen molar-refractivity contribution in [1.82, 2.24) is 4.98 Å². The van der Waals surface area contributed by atoms with E-state index in [0.29, 0.717) is 10.9 Å². The van der Waals surface area contributed by atoms with E-state index < -0.39 is 11.8 Å². The van der Waals surface area contributed by atoms with Crippen LogP contribution in [0.25, 0.3) is 22.0 Å². The molecule has 2 N–H and O–H groups in total. The van der Waals surface area contributed by atoms with Gasteiger partial charge in [-0.2, -0.15) is 0 Å². The Hall–Kier alpha value is -2.33. The number of benzene rings is 2. The van der Waals surface area contributed by atoms with Gasteiger partial charge in [-0.25, -0.2) is 9.18 Å². The Morgan fingerprint density at radius 2 is 2.00 bits per heavy atom. The number of hydrogen-bond donors (Lipinski definition) is 2. The summed E-state index contributed by atoms with van der Waals surface area (Å²) in [6.45, 7) is 0. The maximum atomic E-state index is 13.1. The van der Waals surface area contributed by atoms with E-state index in [-0.39, 0.29) is 10.6 Å². The van der Waals surface area contributed by atoms with Gasteiger partial charge >= 0.3 is 5.97 Å². The summed E-state index contributed by atoms with van der Waals surface area (Å²) in [4.78, 5) is 14.0. The smallest absolute Gasteiger partial charge is 0.337 e. The van der Waals surface area contributed by atoms with Crippen LogP contribution in [0.1, 0.15) is 10.4 Å². The second-order valence-electron chi connectivity index (χ2n) is 4.39. The Kier molecular flexibility index (Phi) is 2.95. The van der Waals surface area contributed by atoms with Crippen molar-refractivity contribution in [2.45, 2.75) is 0 Å². The first kappa shape index (κ1) is 12.7. The van der Waals surface area contributed by atoms with Crippen LogP contribution >= 0.6 is 11.6 Å². The number of nitrogens with one attached hydrogen (secondary N) is 1. The molecule has 1 aromatic heterocycles. The molecule has 100 valence electrons. The molecular weight excluding hydrogens is 281 g/mol. The molecule has 3 aromatic rings. The van der Waals surface area contributed by atoms with Gasteiger partial charge in [-0.05, 0) is 35.9 Å². The quantitative estimate of drug-likeness (QED) is 0.738. The van der Waals surface area contributed by atoms with Gasteiger partial charge in [0.1, 0.15) is 5.82 Å². The van der Waals surface area contributed by atoms with Gasteiger partial charge in [0.25, 0.3) is 0 Å². The molecule has 0 aliphatic heterocycles. The third kappa shape index (κ3) is 2.04. The van der Waals surface area contributed by atoms with Crippen molar-refractivity contribution >= 4 is 28.5 Å². The second-order valence-corrected chi connectivity index (χ2v) is 4.80. The van der Waals surface area contributed by atoms with Crippen molar-refractivity contribution in [2.75, 3.05) is 0 Å². The average molecular weight is 290 g/mol. The summed E-state index contributed by atoms with van der Waals surface area (Å²) in [7, 11) is 0. The van der Waals surface area contributed by atoms with Crippen molar-refractivity contribution in [2.24, 2.45) is 0 Å². The second kappa shape index (κ2) is 4.65. The molecule has 0 fully saturated rings. The predicted molar refractivity (Wildman–Crippen MR) is 75.7 cm³/mol. The number of aromatic amines is 1. The van der Waals surface area contributed by atoms with Crippen LogP contribution in [0.4, 0.5) is 4.39 Å². The fourth-order valence-corrected chi connectivity index (χ4v) is 2.47. The molecule has 3 nitrogen and oxygen atoms in total. The van der Waals surface area contributed by atoms with Gasteiger partial charge in [0, 0.05) is 22.7 Å². The van der Waals surface area contributed by atoms with Gasteiger partial charge in [0.15, 0.2) is 0 Å². The molecule has 0 aliphatic carbocycles. The summed E-state index contributed by atoms with van der Waals surface area (Å²) in [5, 5.41) is 10.0. The molecular formula is C15H9ClFNO2. The van der Waals surface area contributed by atoms with Crippen molar-refractivity contribution < 1.29 is 14.3 Å². The van der Waals surface area contributed by atoms with E-state index in [0.717, 1.165) is 11.1 Å². The number of aromatic carboxylic acids is 1. The van der Waals surface area contributed by atoms with E-state index in [1.165, 1.54) is 18.3 Å². The molecule has 0 saturated carbocycles. The first-order chi connectivity index (χ1) is 9.56. The third-order valence-corrected chi connectivity index (χ3v) is 3.47. The maximum absolute atomic E-state index is 13.1. The summed E-state index contributed by atoms with van der Waals surface area (Å²) in [5.41, 5.74) is 2.32. The fraction of sp³-hybridized carbons (Fsp3) is 0. The first-order valence-corrected chi connectivity index (χ1v) is 6.24. The van der Waals surface area contributed by atoms with E-state index in [2.05, 4.69) is 4.98 Å². The lowest BCUT2D eigenvalue weighted by molar-refractivity contribution is 0.0699. The Morgan fingerprint density at radius 1 is 1.20 bits per heavy atom. The monoisotopic (exact) mass is 289 g/mol. The molecule has 0 saturated heterocycles. The molecule has 2 aromatic carbocycles. The summed E-state index contributed by atoms with van der Waals surface area (Å²) in [5.74, 6) is -1.41. The van der Waals surface area contributed by atoms with Crippen LogP contribution in [0.3, 0.4) is 0 Å². The summed E-state index contributed by atoms with van der Waals surface area (Å²) < 4.78 is 13.1. The zero-order valence-electron chi connectivity index (χ0n) is 10.2. The number of carbonyl (C=O) groups is 1. The third-order valence-electron chi connectivity index (χ3n) is 3.15. The lowest BCUT2D eigenvalue weighted by Crippen LogP contribution is -1.93. The Labute approximate surface area is 118 Å². The highest BCUT2D eigenvalue weighted by Crippen LogP contribution is 2.31. The molecule has 0 amide bonds. The first-order valence-electron chi connectivity index (χ1n) is 5.86. The van der Waals surface area contributed by atoms with Crippen LogP contribution in [-0.2, 0) is 0 Å². The molecule has 3 rings (SSSR count). The van der Waals surface area contributed by atoms with Crippen molar-refractivity contribution in [3.05, 3.63) is 59.0 Å². The number of rotatable bonds is 2. The standard InChI is InChI=1S/C15H9ClFNO2/c16-13-6-9(17)2-3-10(13)8-1-4-14-11(5-8)12(7-18-14)15(19)20/h1-7,18H,(H,19,20). The number of carboxylic acid groups (broad SMARTS) is 1. The number of carboxylic acids is 1. The minimum absolute atomic E-state index is 0.195. The van der Waals surface area contributed by atoms with E-state index in [1.807, 2.05) is 6.07 Å². The van der Waals surface area contributed by atoms with Crippen LogP contribution in [0, 0.1) is 5.82 Å². The predicted octanol–water partition coefficient (Wildman–Crippen LogP) is 4.33. The lowest BCUT2D eigenvalue weighted by Gasteiger charge is -2.05. The van der Waals surface area contributed by atoms with Gasteiger partial charge in [0.05, 0.1) is 10.6 Å². The maximum Gasteiger partial charge on any atom is 0.337 e. The van der Waals surface area contributed by atoms with Gasteiger partial charge in [-0.3, -0.25) is 0 Å². The highest BCUT2D eigenvalue weighted by Gasteiger charge is 2.12. The number of halogens is 2. The normalized spacial score (nSPS) is 10.9. The molecule has 0 radical (unpaired) electrons. The molecule has 5 heteroatoms. The summed E-state index contributed by atoms with van der Waals surface area (Å²) in [6.07, 6.45) is 1.45. The highest BCUT2D eigenvalue weighted by atomic mass is 35.5. The number of H-pyrrole nitrogens is 1. The largest absolute Gasteiger partial charge is 0.478 e. The topological polar surface area (TPSA) is 53.1 Å².